The predicted molar refractivity (Wildman–Crippen MR) is 89.3 cm³/mol. The van der Waals surface area contributed by atoms with E-state index in [0.717, 1.165) is 23.9 Å². The number of carbonyl (C=O) groups is 1. The molecule has 1 amide bonds. The van der Waals surface area contributed by atoms with Crippen molar-refractivity contribution in [2.75, 3.05) is 11.6 Å². The topological polar surface area (TPSA) is 72.2 Å². The lowest BCUT2D eigenvalue weighted by atomic mass is 10.1. The normalized spacial score (nSPS) is 11.2. The van der Waals surface area contributed by atoms with Gasteiger partial charge in [0.05, 0.1) is 20.4 Å². The molecule has 0 atom stereocenters. The Labute approximate surface area is 149 Å². The molecule has 0 heterocycles. The molecule has 2 aromatic rings. The number of nitro benzene ring substituents is 1. The second kappa shape index (κ2) is 7.32. The molecule has 0 unspecified atom stereocenters. The van der Waals surface area contributed by atoms with Gasteiger partial charge in [0.15, 0.2) is 0 Å². The van der Waals surface area contributed by atoms with E-state index in [4.69, 9.17) is 11.6 Å². The fraction of sp³-hybridized carbons (Fsp3) is 0.133. The molecule has 132 valence electrons. The number of hydrogen-bond acceptors (Lipinski definition) is 4. The number of carbonyl (C=O) groups excluding carboxylic acids is 1. The van der Waals surface area contributed by atoms with Crippen molar-refractivity contribution in [3.63, 3.8) is 0 Å². The van der Waals surface area contributed by atoms with E-state index in [1.165, 1.54) is 18.2 Å². The summed E-state index contributed by atoms with van der Waals surface area (Å²) in [7, 11) is 0. The smallest absolute Gasteiger partial charge is 0.322 e. The molecule has 5 nitrogen and oxygen atoms in total. The summed E-state index contributed by atoms with van der Waals surface area (Å²) in [5.74, 6) is -0.772. The van der Waals surface area contributed by atoms with Gasteiger partial charge in [-0.25, -0.2) is 0 Å². The molecule has 0 spiro atoms. The third-order valence-corrected chi connectivity index (χ3v) is 4.28. The fourth-order valence-corrected chi connectivity index (χ4v) is 2.77. The standard InChI is InChI=1S/C15H10ClF3N2O3S/c1-25-13-5-2-8(6-12(13)21(23)24)14(22)20-9-3-4-11(16)10(7-9)15(17,18)19/h2-7H,1H3,(H,20,22). The maximum atomic E-state index is 12.8. The first-order chi connectivity index (χ1) is 11.6. The number of thioether (sulfide) groups is 1. The van der Waals surface area contributed by atoms with Gasteiger partial charge < -0.3 is 5.32 Å². The van der Waals surface area contributed by atoms with Gasteiger partial charge in [-0.1, -0.05) is 11.6 Å². The first-order valence-corrected chi connectivity index (χ1v) is 8.24. The first-order valence-electron chi connectivity index (χ1n) is 6.64. The first kappa shape index (κ1) is 19.1. The van der Waals surface area contributed by atoms with E-state index < -0.39 is 27.6 Å². The minimum atomic E-state index is -4.67. The molecule has 0 fully saturated rings. The highest BCUT2D eigenvalue weighted by atomic mass is 35.5. The van der Waals surface area contributed by atoms with Crippen molar-refractivity contribution in [1.29, 1.82) is 0 Å². The molecule has 0 bridgehead atoms. The lowest BCUT2D eigenvalue weighted by molar-refractivity contribution is -0.387. The van der Waals surface area contributed by atoms with Crippen molar-refractivity contribution >= 4 is 40.6 Å². The highest BCUT2D eigenvalue weighted by Crippen LogP contribution is 2.36. The Kier molecular flexibility index (Phi) is 5.58. The van der Waals surface area contributed by atoms with Crippen LogP contribution in [-0.2, 0) is 6.18 Å². The van der Waals surface area contributed by atoms with Crippen LogP contribution in [0, 0.1) is 10.1 Å². The lowest BCUT2D eigenvalue weighted by Gasteiger charge is -2.12. The third kappa shape index (κ3) is 4.43. The van der Waals surface area contributed by atoms with Gasteiger partial charge in [-0.3, -0.25) is 14.9 Å². The van der Waals surface area contributed by atoms with Crippen molar-refractivity contribution in [2.45, 2.75) is 11.1 Å². The molecule has 0 saturated carbocycles. The zero-order valence-corrected chi connectivity index (χ0v) is 14.1. The van der Waals surface area contributed by atoms with Crippen LogP contribution in [0.1, 0.15) is 15.9 Å². The van der Waals surface area contributed by atoms with Crippen molar-refractivity contribution in [1.82, 2.24) is 0 Å². The zero-order valence-electron chi connectivity index (χ0n) is 12.6. The van der Waals surface area contributed by atoms with E-state index in [2.05, 4.69) is 5.32 Å². The minimum Gasteiger partial charge on any atom is -0.322 e. The van der Waals surface area contributed by atoms with Crippen molar-refractivity contribution in [3.05, 3.63) is 62.7 Å². The second-order valence-electron chi connectivity index (χ2n) is 4.79. The second-order valence-corrected chi connectivity index (χ2v) is 6.05. The van der Waals surface area contributed by atoms with Crippen LogP contribution in [0.5, 0.6) is 0 Å². The molecule has 25 heavy (non-hydrogen) atoms. The molecule has 10 heteroatoms. The molecule has 0 aliphatic heterocycles. The number of hydrogen-bond donors (Lipinski definition) is 1. The van der Waals surface area contributed by atoms with Crippen molar-refractivity contribution < 1.29 is 22.9 Å². The Bertz CT molecular complexity index is 843. The van der Waals surface area contributed by atoms with Gasteiger partial charge in [0.2, 0.25) is 0 Å². The maximum absolute atomic E-state index is 12.8. The van der Waals surface area contributed by atoms with Gasteiger partial charge in [-0.2, -0.15) is 13.2 Å². The summed E-state index contributed by atoms with van der Waals surface area (Å²) < 4.78 is 38.5. The van der Waals surface area contributed by atoms with Crippen LogP contribution in [0.25, 0.3) is 0 Å². The van der Waals surface area contributed by atoms with E-state index in [-0.39, 0.29) is 16.9 Å². The summed E-state index contributed by atoms with van der Waals surface area (Å²) in [5.41, 5.74) is -1.52. The van der Waals surface area contributed by atoms with Crippen LogP contribution in [0.15, 0.2) is 41.3 Å². The van der Waals surface area contributed by atoms with Crippen molar-refractivity contribution in [3.8, 4) is 0 Å². The Morgan fingerprint density at radius 3 is 2.48 bits per heavy atom. The van der Waals surface area contributed by atoms with Crippen LogP contribution >= 0.6 is 23.4 Å². The highest BCUT2D eigenvalue weighted by Gasteiger charge is 2.33. The zero-order chi connectivity index (χ0) is 18.8. The summed E-state index contributed by atoms with van der Waals surface area (Å²) in [5, 5.41) is 12.8. The Morgan fingerprint density at radius 1 is 1.24 bits per heavy atom. The average molecular weight is 391 g/mol. The molecule has 0 aliphatic rings. The quantitative estimate of drug-likeness (QED) is 0.440. The number of benzene rings is 2. The van der Waals surface area contributed by atoms with E-state index in [1.54, 1.807) is 6.26 Å². The summed E-state index contributed by atoms with van der Waals surface area (Å²) >= 11 is 6.65. The SMILES string of the molecule is CSc1ccc(C(=O)Nc2ccc(Cl)c(C(F)(F)F)c2)cc1[N+](=O)[O-]. The van der Waals surface area contributed by atoms with Gasteiger partial charge in [0.25, 0.3) is 11.6 Å². The number of nitrogens with one attached hydrogen (secondary N) is 1. The largest absolute Gasteiger partial charge is 0.417 e. The number of nitro groups is 1. The minimum absolute atomic E-state index is 0.0481. The number of anilines is 1. The number of rotatable bonds is 4. The summed E-state index contributed by atoms with van der Waals surface area (Å²) in [6.07, 6.45) is -3.02. The number of amides is 1. The van der Waals surface area contributed by atoms with Gasteiger partial charge in [-0.05, 0) is 36.6 Å². The van der Waals surface area contributed by atoms with Gasteiger partial charge in [0.1, 0.15) is 0 Å². The highest BCUT2D eigenvalue weighted by molar-refractivity contribution is 7.98. The van der Waals surface area contributed by atoms with Crippen LogP contribution < -0.4 is 5.32 Å². The van der Waals surface area contributed by atoms with Gasteiger partial charge in [-0.15, -0.1) is 11.8 Å². The average Bonchev–Trinajstić information content (AvgIpc) is 2.54. The number of alkyl halides is 3. The molecular weight excluding hydrogens is 381 g/mol. The van der Waals surface area contributed by atoms with Gasteiger partial charge >= 0.3 is 6.18 Å². The lowest BCUT2D eigenvalue weighted by Crippen LogP contribution is -2.14. The van der Waals surface area contributed by atoms with Crippen LogP contribution in [-0.4, -0.2) is 17.1 Å². The molecular formula is C15H10ClF3N2O3S. The maximum Gasteiger partial charge on any atom is 0.417 e. The Hall–Kier alpha value is -2.26. The molecule has 0 saturated heterocycles. The van der Waals surface area contributed by atoms with E-state index in [9.17, 15) is 28.1 Å². The van der Waals surface area contributed by atoms with Crippen LogP contribution in [0.4, 0.5) is 24.5 Å². The van der Waals surface area contributed by atoms with E-state index in [1.807, 2.05) is 0 Å². The Balaban J connectivity index is 2.32. The summed E-state index contributed by atoms with van der Waals surface area (Å²) in [4.78, 5) is 22.9. The summed E-state index contributed by atoms with van der Waals surface area (Å²) in [6.45, 7) is 0. The number of halogens is 4. The Morgan fingerprint density at radius 2 is 1.92 bits per heavy atom. The van der Waals surface area contributed by atoms with Crippen molar-refractivity contribution in [2.24, 2.45) is 0 Å². The molecule has 2 aromatic carbocycles. The molecule has 2 rings (SSSR count). The van der Waals surface area contributed by atoms with Crippen LogP contribution in [0.3, 0.4) is 0 Å². The van der Waals surface area contributed by atoms with Crippen LogP contribution in [0.2, 0.25) is 5.02 Å². The van der Waals surface area contributed by atoms with E-state index >= 15 is 0 Å². The third-order valence-electron chi connectivity index (χ3n) is 3.17. The molecule has 0 aromatic heterocycles. The molecule has 0 aliphatic carbocycles. The van der Waals surface area contributed by atoms with Gasteiger partial charge in [0, 0.05) is 17.3 Å². The predicted octanol–water partition coefficient (Wildman–Crippen LogP) is 5.24. The monoisotopic (exact) mass is 390 g/mol. The number of nitrogens with zero attached hydrogens (tertiary/aromatic N) is 1. The van der Waals surface area contributed by atoms with E-state index in [0.29, 0.717) is 11.0 Å². The summed E-state index contributed by atoms with van der Waals surface area (Å²) in [6, 6.07) is 6.75. The molecule has 1 N–H and O–H groups in total. The fourth-order valence-electron chi connectivity index (χ4n) is 2.00. The molecule has 0 radical (unpaired) electrons.